The summed E-state index contributed by atoms with van der Waals surface area (Å²) in [5, 5.41) is 16.1. The van der Waals surface area contributed by atoms with Crippen LogP contribution < -0.4 is 15.5 Å². The molecule has 0 fully saturated rings. The number of phenolic OH excluding ortho intramolecular Hbond substituents is 1. The summed E-state index contributed by atoms with van der Waals surface area (Å²) in [6, 6.07) is 7.99. The van der Waals surface area contributed by atoms with Crippen molar-refractivity contribution in [3.8, 4) is 11.5 Å². The SMILES string of the molecule is CCOc1cccc(/C=N\NC(=O)CNC(=O)c2ccco2)c1O. The molecule has 8 heteroatoms. The van der Waals surface area contributed by atoms with Crippen molar-refractivity contribution in [1.82, 2.24) is 10.7 Å². The minimum Gasteiger partial charge on any atom is -0.504 e. The lowest BCUT2D eigenvalue weighted by Gasteiger charge is -2.07. The zero-order valence-corrected chi connectivity index (χ0v) is 13.0. The number of hydrogen-bond donors (Lipinski definition) is 3. The van der Waals surface area contributed by atoms with Crippen molar-refractivity contribution in [3.05, 3.63) is 47.9 Å². The van der Waals surface area contributed by atoms with Gasteiger partial charge in [-0.05, 0) is 31.2 Å². The van der Waals surface area contributed by atoms with E-state index in [1.54, 1.807) is 31.2 Å². The third-order valence-electron chi connectivity index (χ3n) is 2.88. The molecule has 2 amide bonds. The summed E-state index contributed by atoms with van der Waals surface area (Å²) in [7, 11) is 0. The maximum atomic E-state index is 11.6. The van der Waals surface area contributed by atoms with Crippen LogP contribution in [-0.2, 0) is 4.79 Å². The molecule has 0 radical (unpaired) electrons. The number of hydrogen-bond acceptors (Lipinski definition) is 6. The van der Waals surface area contributed by atoms with Crippen molar-refractivity contribution >= 4 is 18.0 Å². The number of phenols is 1. The quantitative estimate of drug-likeness (QED) is 0.522. The van der Waals surface area contributed by atoms with Crippen LogP contribution in [0.1, 0.15) is 23.0 Å². The van der Waals surface area contributed by atoms with Crippen molar-refractivity contribution in [1.29, 1.82) is 0 Å². The first-order chi connectivity index (χ1) is 11.6. The predicted molar refractivity (Wildman–Crippen MR) is 86.1 cm³/mol. The number of hydrazone groups is 1. The van der Waals surface area contributed by atoms with Gasteiger partial charge in [0.2, 0.25) is 0 Å². The van der Waals surface area contributed by atoms with Crippen LogP contribution in [0.25, 0.3) is 0 Å². The molecule has 0 spiro atoms. The van der Waals surface area contributed by atoms with Crippen molar-refractivity contribution in [2.75, 3.05) is 13.2 Å². The molecule has 0 aliphatic heterocycles. The zero-order chi connectivity index (χ0) is 17.4. The van der Waals surface area contributed by atoms with Crippen molar-refractivity contribution in [2.24, 2.45) is 5.10 Å². The van der Waals surface area contributed by atoms with Crippen molar-refractivity contribution in [3.63, 3.8) is 0 Å². The molecule has 126 valence electrons. The first-order valence-electron chi connectivity index (χ1n) is 7.20. The van der Waals surface area contributed by atoms with Gasteiger partial charge in [0, 0.05) is 5.56 Å². The second-order valence-electron chi connectivity index (χ2n) is 4.58. The number of carbonyl (C=O) groups excluding carboxylic acids is 2. The third-order valence-corrected chi connectivity index (χ3v) is 2.88. The van der Waals surface area contributed by atoms with Gasteiger partial charge < -0.3 is 19.6 Å². The van der Waals surface area contributed by atoms with Crippen LogP contribution in [0.3, 0.4) is 0 Å². The highest BCUT2D eigenvalue weighted by Gasteiger charge is 2.10. The Morgan fingerprint density at radius 2 is 2.17 bits per heavy atom. The van der Waals surface area contributed by atoms with Gasteiger partial charge in [0.05, 0.1) is 25.6 Å². The summed E-state index contributed by atoms with van der Waals surface area (Å²) in [6.07, 6.45) is 2.65. The monoisotopic (exact) mass is 331 g/mol. The molecule has 8 nitrogen and oxygen atoms in total. The van der Waals surface area contributed by atoms with Crippen LogP contribution in [0.2, 0.25) is 0 Å². The number of amides is 2. The topological polar surface area (TPSA) is 113 Å². The van der Waals surface area contributed by atoms with E-state index in [1.807, 2.05) is 0 Å². The second-order valence-corrected chi connectivity index (χ2v) is 4.58. The van der Waals surface area contributed by atoms with E-state index in [4.69, 9.17) is 9.15 Å². The van der Waals surface area contributed by atoms with Gasteiger partial charge in [-0.15, -0.1) is 0 Å². The number of carbonyl (C=O) groups is 2. The molecular formula is C16H17N3O5. The number of rotatable bonds is 7. The molecule has 0 unspecified atom stereocenters. The summed E-state index contributed by atoms with van der Waals surface area (Å²) in [4.78, 5) is 23.2. The predicted octanol–water partition coefficient (Wildman–Crippen LogP) is 1.26. The zero-order valence-electron chi connectivity index (χ0n) is 13.0. The molecule has 3 N–H and O–H groups in total. The van der Waals surface area contributed by atoms with E-state index >= 15 is 0 Å². The smallest absolute Gasteiger partial charge is 0.287 e. The number of para-hydroxylation sites is 1. The van der Waals surface area contributed by atoms with Gasteiger partial charge in [-0.3, -0.25) is 9.59 Å². The van der Waals surface area contributed by atoms with Crippen LogP contribution in [0.15, 0.2) is 46.1 Å². The Balaban J connectivity index is 1.84. The van der Waals surface area contributed by atoms with Crippen molar-refractivity contribution < 1.29 is 23.8 Å². The van der Waals surface area contributed by atoms with E-state index in [1.165, 1.54) is 18.5 Å². The van der Waals surface area contributed by atoms with Gasteiger partial charge in [0.15, 0.2) is 17.3 Å². The summed E-state index contributed by atoms with van der Waals surface area (Å²) in [6.45, 7) is 1.96. The molecule has 0 bridgehead atoms. The molecule has 0 saturated heterocycles. The standard InChI is InChI=1S/C16H17N3O5/c1-2-23-12-6-3-5-11(15(12)21)9-18-19-14(20)10-17-16(22)13-7-4-8-24-13/h3-9,21H,2,10H2,1H3,(H,17,22)(H,19,20)/b18-9-. The Hall–Kier alpha value is -3.29. The molecule has 0 saturated carbocycles. The molecule has 2 aromatic rings. The fourth-order valence-electron chi connectivity index (χ4n) is 1.78. The molecule has 0 aliphatic carbocycles. The summed E-state index contributed by atoms with van der Waals surface area (Å²) in [5.41, 5.74) is 2.63. The fraction of sp³-hybridized carbons (Fsp3) is 0.188. The largest absolute Gasteiger partial charge is 0.504 e. The van der Waals surface area contributed by atoms with Gasteiger partial charge >= 0.3 is 0 Å². The minimum absolute atomic E-state index is 0.0662. The van der Waals surface area contributed by atoms with E-state index < -0.39 is 11.8 Å². The van der Waals surface area contributed by atoms with Crippen LogP contribution in [0, 0.1) is 0 Å². The second kappa shape index (κ2) is 8.37. The van der Waals surface area contributed by atoms with Crippen molar-refractivity contribution in [2.45, 2.75) is 6.92 Å². The van der Waals surface area contributed by atoms with Gasteiger partial charge in [0.1, 0.15) is 0 Å². The Bertz CT molecular complexity index is 725. The summed E-state index contributed by atoms with van der Waals surface area (Å²) < 4.78 is 10.1. The maximum Gasteiger partial charge on any atom is 0.287 e. The average molecular weight is 331 g/mol. The van der Waals surface area contributed by atoms with E-state index in [2.05, 4.69) is 15.8 Å². The van der Waals surface area contributed by atoms with E-state index in [0.717, 1.165) is 0 Å². The number of benzene rings is 1. The molecule has 1 heterocycles. The van der Waals surface area contributed by atoms with Gasteiger partial charge in [-0.2, -0.15) is 5.10 Å². The molecule has 1 aromatic carbocycles. The number of nitrogens with zero attached hydrogens (tertiary/aromatic N) is 1. The Labute approximate surface area is 138 Å². The number of aromatic hydroxyl groups is 1. The Morgan fingerprint density at radius 1 is 1.33 bits per heavy atom. The number of ether oxygens (including phenoxy) is 1. The van der Waals surface area contributed by atoms with Gasteiger partial charge in [-0.25, -0.2) is 5.43 Å². The molecule has 0 aliphatic rings. The lowest BCUT2D eigenvalue weighted by Crippen LogP contribution is -2.34. The Kier molecular flexibility index (Phi) is 5.95. The van der Waals surface area contributed by atoms with Crippen LogP contribution in [-0.4, -0.2) is 36.3 Å². The molecular weight excluding hydrogens is 314 g/mol. The Morgan fingerprint density at radius 3 is 2.88 bits per heavy atom. The fourth-order valence-corrected chi connectivity index (χ4v) is 1.78. The average Bonchev–Trinajstić information content (AvgIpc) is 3.11. The lowest BCUT2D eigenvalue weighted by atomic mass is 10.2. The van der Waals surface area contributed by atoms with Crippen LogP contribution in [0.5, 0.6) is 11.5 Å². The van der Waals surface area contributed by atoms with E-state index in [-0.39, 0.29) is 18.1 Å². The van der Waals surface area contributed by atoms with Crippen LogP contribution >= 0.6 is 0 Å². The molecule has 2 rings (SSSR count). The number of furan rings is 1. The van der Waals surface area contributed by atoms with E-state index in [0.29, 0.717) is 17.9 Å². The first-order valence-corrected chi connectivity index (χ1v) is 7.20. The highest BCUT2D eigenvalue weighted by atomic mass is 16.5. The number of nitrogens with one attached hydrogen (secondary N) is 2. The van der Waals surface area contributed by atoms with Crippen LogP contribution in [0.4, 0.5) is 0 Å². The summed E-state index contributed by atoms with van der Waals surface area (Å²) in [5.74, 6) is -0.640. The third kappa shape index (κ3) is 4.60. The first kappa shape index (κ1) is 17.1. The molecule has 0 atom stereocenters. The minimum atomic E-state index is -0.522. The molecule has 24 heavy (non-hydrogen) atoms. The highest BCUT2D eigenvalue weighted by molar-refractivity contribution is 5.94. The molecule has 1 aromatic heterocycles. The van der Waals surface area contributed by atoms with Gasteiger partial charge in [-0.1, -0.05) is 6.07 Å². The highest BCUT2D eigenvalue weighted by Crippen LogP contribution is 2.28. The van der Waals surface area contributed by atoms with E-state index in [9.17, 15) is 14.7 Å². The lowest BCUT2D eigenvalue weighted by molar-refractivity contribution is -0.120. The summed E-state index contributed by atoms with van der Waals surface area (Å²) >= 11 is 0. The van der Waals surface area contributed by atoms with Gasteiger partial charge in [0.25, 0.3) is 11.8 Å². The normalized spacial score (nSPS) is 10.5. The maximum absolute atomic E-state index is 11.6.